The van der Waals surface area contributed by atoms with Crippen LogP contribution >= 0.6 is 0 Å². The minimum Gasteiger partial charge on any atom is -0.484 e. The van der Waals surface area contributed by atoms with Crippen molar-refractivity contribution in [3.63, 3.8) is 0 Å². The number of amides is 1. The molecule has 4 nitrogen and oxygen atoms in total. The van der Waals surface area contributed by atoms with Crippen molar-refractivity contribution in [3.8, 4) is 5.75 Å². The van der Waals surface area contributed by atoms with Gasteiger partial charge in [0.2, 0.25) is 0 Å². The van der Waals surface area contributed by atoms with Gasteiger partial charge in [0.25, 0.3) is 5.91 Å². The van der Waals surface area contributed by atoms with Crippen LogP contribution in [0.5, 0.6) is 5.75 Å². The molecule has 1 unspecified atom stereocenters. The van der Waals surface area contributed by atoms with Crippen LogP contribution in [-0.4, -0.2) is 18.6 Å². The van der Waals surface area contributed by atoms with E-state index in [1.807, 2.05) is 6.92 Å². The Morgan fingerprint density at radius 1 is 1.50 bits per heavy atom. The molecule has 0 aliphatic carbocycles. The largest absolute Gasteiger partial charge is 0.484 e. The first-order valence-corrected chi connectivity index (χ1v) is 4.93. The Morgan fingerprint density at radius 2 is 2.19 bits per heavy atom. The average molecular weight is 226 g/mol. The van der Waals surface area contributed by atoms with E-state index in [0.717, 1.165) is 5.56 Å². The maximum absolute atomic E-state index is 13.2. The minimum absolute atomic E-state index is 0.0641. The lowest BCUT2D eigenvalue weighted by molar-refractivity contribution is -0.119. The third-order valence-corrected chi connectivity index (χ3v) is 1.87. The van der Waals surface area contributed by atoms with Gasteiger partial charge < -0.3 is 16.2 Å². The zero-order valence-electron chi connectivity index (χ0n) is 9.07. The highest BCUT2D eigenvalue weighted by Crippen LogP contribution is 2.17. The van der Waals surface area contributed by atoms with Crippen LogP contribution in [0.3, 0.4) is 0 Å². The molecule has 1 aromatic rings. The average Bonchev–Trinajstić information content (AvgIpc) is 2.12. The molecule has 0 saturated heterocycles. The summed E-state index contributed by atoms with van der Waals surface area (Å²) in [6.45, 7) is 1.57. The smallest absolute Gasteiger partial charge is 0.255 e. The molecule has 1 amide bonds. The molecular weight excluding hydrogens is 211 g/mol. The van der Waals surface area contributed by atoms with E-state index in [1.54, 1.807) is 6.07 Å². The normalized spacial score (nSPS) is 12.2. The summed E-state index contributed by atoms with van der Waals surface area (Å²) >= 11 is 0. The van der Waals surface area contributed by atoms with Crippen molar-refractivity contribution in [2.45, 2.75) is 19.4 Å². The van der Waals surface area contributed by atoms with E-state index in [9.17, 15) is 9.18 Å². The van der Waals surface area contributed by atoms with Crippen molar-refractivity contribution in [2.24, 2.45) is 11.5 Å². The van der Waals surface area contributed by atoms with E-state index in [2.05, 4.69) is 0 Å². The third kappa shape index (κ3) is 4.27. The number of ether oxygens (including phenoxy) is 1. The maximum Gasteiger partial charge on any atom is 0.255 e. The van der Waals surface area contributed by atoms with Gasteiger partial charge in [-0.15, -0.1) is 0 Å². The van der Waals surface area contributed by atoms with Crippen molar-refractivity contribution in [1.82, 2.24) is 0 Å². The quantitative estimate of drug-likeness (QED) is 0.770. The van der Waals surface area contributed by atoms with E-state index in [1.165, 1.54) is 12.1 Å². The van der Waals surface area contributed by atoms with Crippen LogP contribution in [0.4, 0.5) is 4.39 Å². The summed E-state index contributed by atoms with van der Waals surface area (Å²) in [5, 5.41) is 0. The van der Waals surface area contributed by atoms with Crippen LogP contribution in [0.25, 0.3) is 0 Å². The predicted octanol–water partition coefficient (Wildman–Crippen LogP) is 0.580. The van der Waals surface area contributed by atoms with Crippen molar-refractivity contribution in [1.29, 1.82) is 0 Å². The van der Waals surface area contributed by atoms with Gasteiger partial charge in [-0.25, -0.2) is 4.39 Å². The van der Waals surface area contributed by atoms with Crippen LogP contribution in [0.15, 0.2) is 18.2 Å². The molecule has 0 bridgehead atoms. The molecular formula is C11H15FN2O2. The van der Waals surface area contributed by atoms with Gasteiger partial charge in [0.15, 0.2) is 6.61 Å². The van der Waals surface area contributed by atoms with Gasteiger partial charge in [0, 0.05) is 12.1 Å². The van der Waals surface area contributed by atoms with Gasteiger partial charge in [-0.2, -0.15) is 0 Å². The fourth-order valence-electron chi connectivity index (χ4n) is 1.35. The summed E-state index contributed by atoms with van der Waals surface area (Å²) in [4.78, 5) is 10.5. The summed E-state index contributed by atoms with van der Waals surface area (Å²) in [6.07, 6.45) is 0.546. The topological polar surface area (TPSA) is 78.3 Å². The second-order valence-corrected chi connectivity index (χ2v) is 3.73. The molecule has 0 spiro atoms. The predicted molar refractivity (Wildman–Crippen MR) is 58.4 cm³/mol. The lowest BCUT2D eigenvalue weighted by atomic mass is 10.1. The third-order valence-electron chi connectivity index (χ3n) is 1.87. The summed E-state index contributed by atoms with van der Waals surface area (Å²) in [7, 11) is 0. The van der Waals surface area contributed by atoms with Gasteiger partial charge in [-0.3, -0.25) is 4.79 Å². The zero-order valence-corrected chi connectivity index (χ0v) is 9.07. The van der Waals surface area contributed by atoms with E-state index in [0.29, 0.717) is 6.42 Å². The Labute approximate surface area is 93.4 Å². The fraction of sp³-hybridized carbons (Fsp3) is 0.364. The van der Waals surface area contributed by atoms with Crippen LogP contribution in [0.2, 0.25) is 0 Å². The summed E-state index contributed by atoms with van der Waals surface area (Å²) in [5.74, 6) is -0.731. The number of rotatable bonds is 5. The van der Waals surface area contributed by atoms with Crippen LogP contribution in [0.1, 0.15) is 12.5 Å². The Morgan fingerprint density at radius 3 is 2.75 bits per heavy atom. The monoisotopic (exact) mass is 226 g/mol. The summed E-state index contributed by atoms with van der Waals surface area (Å²) < 4.78 is 18.2. The molecule has 0 fully saturated rings. The number of primary amides is 1. The molecule has 0 saturated carbocycles. The molecule has 4 N–H and O–H groups in total. The number of carbonyl (C=O) groups is 1. The molecule has 0 heterocycles. The van der Waals surface area contributed by atoms with Crippen molar-refractivity contribution >= 4 is 5.91 Å². The van der Waals surface area contributed by atoms with Gasteiger partial charge in [-0.05, 0) is 31.0 Å². The maximum atomic E-state index is 13.2. The van der Waals surface area contributed by atoms with Gasteiger partial charge in [0.05, 0.1) is 0 Å². The molecule has 1 aromatic carbocycles. The first-order chi connectivity index (χ1) is 7.47. The number of benzene rings is 1. The lowest BCUT2D eigenvalue weighted by Crippen LogP contribution is -2.20. The van der Waals surface area contributed by atoms with E-state index < -0.39 is 11.7 Å². The van der Waals surface area contributed by atoms with Gasteiger partial charge >= 0.3 is 0 Å². The molecule has 0 aromatic heterocycles. The number of hydrogen-bond acceptors (Lipinski definition) is 3. The Kier molecular flexibility index (Phi) is 4.25. The molecule has 0 radical (unpaired) electrons. The van der Waals surface area contributed by atoms with Crippen LogP contribution in [0, 0.1) is 5.82 Å². The fourth-order valence-corrected chi connectivity index (χ4v) is 1.35. The molecule has 0 aliphatic heterocycles. The second-order valence-electron chi connectivity index (χ2n) is 3.73. The van der Waals surface area contributed by atoms with Crippen molar-refractivity contribution < 1.29 is 13.9 Å². The SMILES string of the molecule is CC(N)Cc1cc(F)cc(OCC(N)=O)c1. The summed E-state index contributed by atoms with van der Waals surface area (Å²) in [6, 6.07) is 4.18. The lowest BCUT2D eigenvalue weighted by Gasteiger charge is -2.09. The Hall–Kier alpha value is -1.62. The standard InChI is InChI=1S/C11H15FN2O2/c1-7(13)2-8-3-9(12)5-10(4-8)16-6-11(14)15/h3-5,7H,2,6,13H2,1H3,(H2,14,15). The molecule has 16 heavy (non-hydrogen) atoms. The first-order valence-electron chi connectivity index (χ1n) is 4.93. The molecule has 1 atom stereocenters. The number of hydrogen-bond donors (Lipinski definition) is 2. The Balaban J connectivity index is 2.77. The molecule has 1 rings (SSSR count). The van der Waals surface area contributed by atoms with E-state index >= 15 is 0 Å². The van der Waals surface area contributed by atoms with E-state index in [-0.39, 0.29) is 18.4 Å². The van der Waals surface area contributed by atoms with E-state index in [4.69, 9.17) is 16.2 Å². The second kappa shape index (κ2) is 5.46. The minimum atomic E-state index is -0.599. The molecule has 5 heteroatoms. The van der Waals surface area contributed by atoms with Gasteiger partial charge in [0.1, 0.15) is 11.6 Å². The molecule has 88 valence electrons. The number of halogens is 1. The summed E-state index contributed by atoms with van der Waals surface area (Å²) in [5.41, 5.74) is 11.3. The number of carbonyl (C=O) groups excluding carboxylic acids is 1. The first kappa shape index (κ1) is 12.4. The van der Waals surface area contributed by atoms with Crippen LogP contribution in [-0.2, 0) is 11.2 Å². The highest BCUT2D eigenvalue weighted by Gasteiger charge is 2.05. The zero-order chi connectivity index (χ0) is 12.1. The molecule has 0 aliphatic rings. The Bertz CT molecular complexity index is 380. The van der Waals surface area contributed by atoms with Crippen molar-refractivity contribution in [3.05, 3.63) is 29.6 Å². The highest BCUT2D eigenvalue weighted by molar-refractivity contribution is 5.75. The van der Waals surface area contributed by atoms with Crippen molar-refractivity contribution in [2.75, 3.05) is 6.61 Å². The highest BCUT2D eigenvalue weighted by atomic mass is 19.1. The van der Waals surface area contributed by atoms with Crippen LogP contribution < -0.4 is 16.2 Å². The van der Waals surface area contributed by atoms with Gasteiger partial charge in [-0.1, -0.05) is 0 Å². The number of nitrogens with two attached hydrogens (primary N) is 2.